The number of allylic oxidation sites excluding steroid dienone is 3. The van der Waals surface area contributed by atoms with E-state index in [2.05, 4.69) is 31.3 Å². The fourth-order valence-corrected chi connectivity index (χ4v) is 4.10. The molecular weight excluding hydrogens is 358 g/mol. The van der Waals surface area contributed by atoms with Crippen molar-refractivity contribution in [3.05, 3.63) is 46.8 Å². The molecule has 0 spiro atoms. The van der Waals surface area contributed by atoms with Gasteiger partial charge in [0.2, 0.25) is 0 Å². The Morgan fingerprint density at radius 1 is 1.36 bits per heavy atom. The molecule has 6 nitrogen and oxygen atoms in total. The average Bonchev–Trinajstić information content (AvgIpc) is 2.97. The van der Waals surface area contributed by atoms with Crippen molar-refractivity contribution in [2.45, 2.75) is 59.0 Å². The Morgan fingerprint density at radius 2 is 2.07 bits per heavy atom. The van der Waals surface area contributed by atoms with Crippen LogP contribution in [0.5, 0.6) is 0 Å². The molecule has 1 amide bonds. The number of ketones is 1. The number of aliphatic hydroxyl groups is 1. The number of carbonyl (C=O) groups excluding carboxylic acids is 2. The number of Topliss-reactive ketones (excluding diaryl/α,β-unsaturated/α-hetero) is 1. The Kier molecular flexibility index (Phi) is 5.64. The molecule has 0 aliphatic carbocycles. The second kappa shape index (κ2) is 7.68. The van der Waals surface area contributed by atoms with Gasteiger partial charge in [-0.25, -0.2) is 0 Å². The lowest BCUT2D eigenvalue weighted by Gasteiger charge is -2.50. The molecule has 2 N–H and O–H groups in total. The van der Waals surface area contributed by atoms with E-state index in [-0.39, 0.29) is 41.9 Å². The van der Waals surface area contributed by atoms with E-state index < -0.39 is 17.5 Å². The standard InChI is InChI=1S/C22H29NO5/c1-12(6-8-16(24)19-17(25)11-23-21(19)26)10-13(2)20-15(4)18-9-7-14(3)22(5,27-18)28-20/h6-8,10,13,15,18,20,24H,9,11H2,1-5H3,(H,23,26)/b8-6+,12-10+,19-16+/t13-,15+,18-,20-,22-/m1/s1. The molecule has 2 saturated heterocycles. The highest BCUT2D eigenvalue weighted by Crippen LogP contribution is 2.43. The average molecular weight is 387 g/mol. The van der Waals surface area contributed by atoms with Crippen LogP contribution in [-0.4, -0.2) is 41.3 Å². The zero-order valence-electron chi connectivity index (χ0n) is 17.1. The number of fused-ring (bicyclic) bond motifs is 2. The van der Waals surface area contributed by atoms with Crippen molar-refractivity contribution in [1.82, 2.24) is 5.32 Å². The largest absolute Gasteiger partial charge is 0.507 e. The van der Waals surface area contributed by atoms with Crippen molar-refractivity contribution in [3.63, 3.8) is 0 Å². The second-order valence-electron chi connectivity index (χ2n) is 8.14. The van der Waals surface area contributed by atoms with Crippen molar-refractivity contribution in [2.24, 2.45) is 11.8 Å². The smallest absolute Gasteiger partial charge is 0.259 e. The van der Waals surface area contributed by atoms with Gasteiger partial charge in [0.15, 0.2) is 11.6 Å². The Morgan fingerprint density at radius 3 is 2.71 bits per heavy atom. The number of rotatable bonds is 4. The van der Waals surface area contributed by atoms with Gasteiger partial charge in [-0.15, -0.1) is 0 Å². The summed E-state index contributed by atoms with van der Waals surface area (Å²) in [5.41, 5.74) is 1.83. The van der Waals surface area contributed by atoms with E-state index in [1.54, 1.807) is 6.08 Å². The summed E-state index contributed by atoms with van der Waals surface area (Å²) < 4.78 is 12.5. The minimum absolute atomic E-state index is 0.00453. The van der Waals surface area contributed by atoms with E-state index >= 15 is 0 Å². The van der Waals surface area contributed by atoms with Crippen LogP contribution < -0.4 is 5.32 Å². The van der Waals surface area contributed by atoms with Gasteiger partial charge >= 0.3 is 0 Å². The molecule has 2 bridgehead atoms. The van der Waals surface area contributed by atoms with E-state index in [1.807, 2.05) is 20.8 Å². The van der Waals surface area contributed by atoms with Gasteiger partial charge in [0.1, 0.15) is 11.3 Å². The molecule has 0 unspecified atom stereocenters. The number of hydrogen-bond donors (Lipinski definition) is 2. The lowest BCUT2D eigenvalue weighted by atomic mass is 9.82. The first kappa shape index (κ1) is 20.6. The van der Waals surface area contributed by atoms with Gasteiger partial charge in [0, 0.05) is 11.8 Å². The number of nitrogens with one attached hydrogen (secondary N) is 1. The highest BCUT2D eigenvalue weighted by molar-refractivity contribution is 6.25. The number of hydrogen-bond acceptors (Lipinski definition) is 5. The number of carbonyl (C=O) groups is 2. The first-order valence-electron chi connectivity index (χ1n) is 9.76. The monoisotopic (exact) mass is 387 g/mol. The third-order valence-electron chi connectivity index (χ3n) is 5.93. The van der Waals surface area contributed by atoms with E-state index in [0.29, 0.717) is 0 Å². The Balaban J connectivity index is 1.74. The maximum Gasteiger partial charge on any atom is 0.259 e. The van der Waals surface area contributed by atoms with Crippen LogP contribution in [0.15, 0.2) is 46.8 Å². The van der Waals surface area contributed by atoms with Crippen molar-refractivity contribution in [1.29, 1.82) is 0 Å². The van der Waals surface area contributed by atoms with Crippen molar-refractivity contribution in [3.8, 4) is 0 Å². The Bertz CT molecular complexity index is 788. The first-order chi connectivity index (χ1) is 13.1. The molecule has 0 radical (unpaired) electrons. The molecule has 28 heavy (non-hydrogen) atoms. The van der Waals surface area contributed by atoms with Gasteiger partial charge in [-0.2, -0.15) is 0 Å². The normalized spacial score (nSPS) is 36.4. The maximum absolute atomic E-state index is 11.7. The molecule has 3 rings (SSSR count). The van der Waals surface area contributed by atoms with Crippen molar-refractivity contribution >= 4 is 11.7 Å². The van der Waals surface area contributed by atoms with Gasteiger partial charge in [0.05, 0.1) is 18.8 Å². The van der Waals surface area contributed by atoms with Gasteiger partial charge in [-0.3, -0.25) is 9.59 Å². The highest BCUT2D eigenvalue weighted by atomic mass is 16.7. The van der Waals surface area contributed by atoms with E-state index in [1.165, 1.54) is 6.08 Å². The summed E-state index contributed by atoms with van der Waals surface area (Å²) in [5.74, 6) is -1.54. The van der Waals surface area contributed by atoms with Crippen LogP contribution in [0, 0.1) is 11.8 Å². The SMILES string of the molecule is CC1=CC[C@H]2O[C@]1(C)O[C@H]([C@H](C)/C=C(C)/C=C/C(O)=C1/C(=O)CNC1=O)[C@H]2C. The highest BCUT2D eigenvalue weighted by Gasteiger charge is 2.47. The molecule has 152 valence electrons. The van der Waals surface area contributed by atoms with Crippen molar-refractivity contribution < 1.29 is 24.2 Å². The van der Waals surface area contributed by atoms with Crippen LogP contribution >= 0.6 is 0 Å². The molecule has 0 aromatic rings. The van der Waals surface area contributed by atoms with Crippen LogP contribution in [0.2, 0.25) is 0 Å². The zero-order chi connectivity index (χ0) is 20.6. The number of amides is 1. The topological polar surface area (TPSA) is 84.9 Å². The van der Waals surface area contributed by atoms with E-state index in [4.69, 9.17) is 9.47 Å². The zero-order valence-corrected chi connectivity index (χ0v) is 17.1. The van der Waals surface area contributed by atoms with Crippen LogP contribution in [-0.2, 0) is 19.1 Å². The van der Waals surface area contributed by atoms with Crippen LogP contribution in [0.25, 0.3) is 0 Å². The summed E-state index contributed by atoms with van der Waals surface area (Å²) in [4.78, 5) is 23.3. The molecule has 0 saturated carbocycles. The molecule has 6 heteroatoms. The Labute approximate surface area is 166 Å². The second-order valence-corrected chi connectivity index (χ2v) is 8.14. The van der Waals surface area contributed by atoms with E-state index in [9.17, 15) is 14.7 Å². The molecule has 0 aromatic carbocycles. The lowest BCUT2D eigenvalue weighted by Crippen LogP contribution is -2.55. The predicted molar refractivity (Wildman–Crippen MR) is 105 cm³/mol. The van der Waals surface area contributed by atoms with Gasteiger partial charge in [0.25, 0.3) is 5.91 Å². The van der Waals surface area contributed by atoms with Crippen molar-refractivity contribution in [2.75, 3.05) is 6.54 Å². The summed E-state index contributed by atoms with van der Waals surface area (Å²) in [6.45, 7) is 10.1. The lowest BCUT2D eigenvalue weighted by molar-refractivity contribution is -0.318. The van der Waals surface area contributed by atoms with Crippen LogP contribution in [0.3, 0.4) is 0 Å². The minimum Gasteiger partial charge on any atom is -0.507 e. The minimum atomic E-state index is -0.676. The molecule has 3 aliphatic heterocycles. The molecule has 2 fully saturated rings. The number of ether oxygens (including phenoxy) is 2. The summed E-state index contributed by atoms with van der Waals surface area (Å²) in [6, 6.07) is 0. The Hall–Kier alpha value is -2.18. The third-order valence-corrected chi connectivity index (χ3v) is 5.93. The van der Waals surface area contributed by atoms with Crippen LogP contribution in [0.4, 0.5) is 0 Å². The molecule has 5 atom stereocenters. The summed E-state index contributed by atoms with van der Waals surface area (Å²) in [6.07, 6.45) is 8.42. The predicted octanol–water partition coefficient (Wildman–Crippen LogP) is 3.12. The third kappa shape index (κ3) is 3.84. The fourth-order valence-electron chi connectivity index (χ4n) is 4.10. The fraction of sp³-hybridized carbons (Fsp3) is 0.545. The first-order valence-corrected chi connectivity index (χ1v) is 9.76. The molecular formula is C22H29NO5. The molecule has 0 aromatic heterocycles. The molecule has 3 heterocycles. The van der Waals surface area contributed by atoms with Crippen LogP contribution in [0.1, 0.15) is 41.0 Å². The molecule has 3 aliphatic rings. The summed E-state index contributed by atoms with van der Waals surface area (Å²) in [5, 5.41) is 12.5. The summed E-state index contributed by atoms with van der Waals surface area (Å²) in [7, 11) is 0. The maximum atomic E-state index is 11.7. The van der Waals surface area contributed by atoms with E-state index in [0.717, 1.165) is 17.6 Å². The van der Waals surface area contributed by atoms with Gasteiger partial charge in [-0.1, -0.05) is 37.6 Å². The number of aliphatic hydroxyl groups excluding tert-OH is 1. The quantitative estimate of drug-likeness (QED) is 0.255. The van der Waals surface area contributed by atoms with Gasteiger partial charge in [-0.05, 0) is 38.8 Å². The summed E-state index contributed by atoms with van der Waals surface area (Å²) >= 11 is 0. The van der Waals surface area contributed by atoms with Gasteiger partial charge < -0.3 is 19.9 Å².